The van der Waals surface area contributed by atoms with Crippen LogP contribution in [0.1, 0.15) is 21.7 Å². The van der Waals surface area contributed by atoms with Gasteiger partial charge < -0.3 is 10.2 Å². The molecule has 0 atom stereocenters. The number of aromatic nitrogens is 3. The van der Waals surface area contributed by atoms with Gasteiger partial charge in [0.05, 0.1) is 16.3 Å². The van der Waals surface area contributed by atoms with E-state index >= 15 is 0 Å². The number of aromatic amines is 1. The van der Waals surface area contributed by atoms with Gasteiger partial charge in [-0.05, 0) is 31.2 Å². The minimum atomic E-state index is -0.660. The van der Waals surface area contributed by atoms with Gasteiger partial charge in [0.15, 0.2) is 11.6 Å². The minimum Gasteiger partial charge on any atom is -0.336 e. The predicted octanol–water partition coefficient (Wildman–Crippen LogP) is 3.61. The molecule has 0 radical (unpaired) electrons. The summed E-state index contributed by atoms with van der Waals surface area (Å²) in [6.45, 7) is 5.03. The van der Waals surface area contributed by atoms with Crippen molar-refractivity contribution in [2.24, 2.45) is 0 Å². The molecule has 7 nitrogen and oxygen atoms in total. The van der Waals surface area contributed by atoms with Crippen molar-refractivity contribution in [2.45, 2.75) is 13.5 Å². The molecule has 3 heterocycles. The first-order valence-electron chi connectivity index (χ1n) is 9.70. The fraction of sp³-hybridized carbons (Fsp3) is 0.286. The number of benzene rings is 1. The maximum absolute atomic E-state index is 14.2. The molecule has 2 N–H and O–H groups in total. The normalized spacial score (nSPS) is 14.7. The van der Waals surface area contributed by atoms with E-state index in [1.807, 2.05) is 31.2 Å². The van der Waals surface area contributed by atoms with Gasteiger partial charge in [0.1, 0.15) is 5.82 Å². The third-order valence-electron chi connectivity index (χ3n) is 5.00. The van der Waals surface area contributed by atoms with E-state index in [1.165, 1.54) is 12.1 Å². The summed E-state index contributed by atoms with van der Waals surface area (Å²) in [6, 6.07) is 12.2. The molecule has 1 aliphatic heterocycles. The monoisotopic (exact) mass is 428 g/mol. The summed E-state index contributed by atoms with van der Waals surface area (Å²) in [5, 5.41) is 10.2. The highest BCUT2D eigenvalue weighted by molar-refractivity contribution is 6.31. The van der Waals surface area contributed by atoms with Crippen LogP contribution in [0.5, 0.6) is 0 Å². The van der Waals surface area contributed by atoms with Crippen molar-refractivity contribution >= 4 is 29.1 Å². The first kappa shape index (κ1) is 20.3. The maximum Gasteiger partial charge on any atom is 0.256 e. The third kappa shape index (κ3) is 4.60. The second-order valence-electron chi connectivity index (χ2n) is 7.25. The minimum absolute atomic E-state index is 0.0185. The number of nitrogens with zero attached hydrogens (tertiary/aromatic N) is 4. The molecular formula is C21H22ClFN6O. The van der Waals surface area contributed by atoms with Crippen LogP contribution in [-0.2, 0) is 6.54 Å². The lowest BCUT2D eigenvalue weighted by Gasteiger charge is -2.34. The van der Waals surface area contributed by atoms with Crippen LogP contribution < -0.4 is 5.32 Å². The van der Waals surface area contributed by atoms with Crippen molar-refractivity contribution < 1.29 is 9.18 Å². The van der Waals surface area contributed by atoms with Gasteiger partial charge in [-0.2, -0.15) is 5.10 Å². The van der Waals surface area contributed by atoms with Gasteiger partial charge in [0.25, 0.3) is 5.91 Å². The van der Waals surface area contributed by atoms with E-state index in [1.54, 1.807) is 11.0 Å². The van der Waals surface area contributed by atoms with E-state index in [0.717, 1.165) is 23.0 Å². The third-order valence-corrected chi connectivity index (χ3v) is 5.29. The molecule has 0 unspecified atom stereocenters. The Hall–Kier alpha value is -2.97. The second kappa shape index (κ2) is 8.81. The zero-order valence-corrected chi connectivity index (χ0v) is 17.3. The molecule has 1 aromatic carbocycles. The number of anilines is 2. The van der Waals surface area contributed by atoms with Crippen LogP contribution in [0.15, 0.2) is 42.5 Å². The van der Waals surface area contributed by atoms with Crippen LogP contribution in [0.4, 0.5) is 16.0 Å². The van der Waals surface area contributed by atoms with Crippen LogP contribution in [0, 0.1) is 12.7 Å². The zero-order chi connectivity index (χ0) is 21.1. The molecule has 1 saturated heterocycles. The summed E-state index contributed by atoms with van der Waals surface area (Å²) < 4.78 is 14.2. The number of hydrogen-bond donors (Lipinski definition) is 2. The lowest BCUT2D eigenvalue weighted by molar-refractivity contribution is 0.0622. The first-order valence-corrected chi connectivity index (χ1v) is 10.1. The average molecular weight is 429 g/mol. The fourth-order valence-electron chi connectivity index (χ4n) is 3.43. The molecular weight excluding hydrogens is 407 g/mol. The van der Waals surface area contributed by atoms with Gasteiger partial charge >= 0.3 is 0 Å². The molecule has 0 aliphatic carbocycles. The summed E-state index contributed by atoms with van der Waals surface area (Å²) in [6.07, 6.45) is 0. The lowest BCUT2D eigenvalue weighted by Crippen LogP contribution is -2.48. The van der Waals surface area contributed by atoms with Crippen molar-refractivity contribution in [1.29, 1.82) is 0 Å². The molecule has 0 saturated carbocycles. The Bertz CT molecular complexity index is 1050. The van der Waals surface area contributed by atoms with Crippen LogP contribution in [-0.4, -0.2) is 57.1 Å². The van der Waals surface area contributed by atoms with Gasteiger partial charge in [-0.1, -0.05) is 23.7 Å². The van der Waals surface area contributed by atoms with Crippen molar-refractivity contribution in [1.82, 2.24) is 25.0 Å². The standard InChI is InChI=1S/C21H22ClFN6O/c1-14-12-19(27-26-14)25-18-7-2-4-15(24-18)13-28-8-10-29(11-9-28)21(30)16-5-3-6-17(22)20(16)23/h2-7,12H,8-11,13H2,1H3,(H2,24,25,26,27). The van der Waals surface area contributed by atoms with Gasteiger partial charge in [-0.15, -0.1) is 0 Å². The smallest absolute Gasteiger partial charge is 0.256 e. The van der Waals surface area contributed by atoms with Gasteiger partial charge in [0.2, 0.25) is 0 Å². The van der Waals surface area contributed by atoms with Crippen LogP contribution in [0.25, 0.3) is 0 Å². The van der Waals surface area contributed by atoms with E-state index in [0.29, 0.717) is 32.7 Å². The maximum atomic E-state index is 14.2. The Morgan fingerprint density at radius 1 is 1.17 bits per heavy atom. The molecule has 1 aliphatic rings. The summed E-state index contributed by atoms with van der Waals surface area (Å²) in [5.74, 6) is 0.460. The Kier molecular flexibility index (Phi) is 5.96. The van der Waals surface area contributed by atoms with Crippen molar-refractivity contribution in [2.75, 3.05) is 31.5 Å². The van der Waals surface area contributed by atoms with E-state index in [9.17, 15) is 9.18 Å². The molecule has 156 valence electrons. The highest BCUT2D eigenvalue weighted by Gasteiger charge is 2.25. The van der Waals surface area contributed by atoms with Crippen molar-refractivity contribution in [3.63, 3.8) is 0 Å². The first-order chi connectivity index (χ1) is 14.5. The van der Waals surface area contributed by atoms with E-state index in [4.69, 9.17) is 11.6 Å². The zero-order valence-electron chi connectivity index (χ0n) is 16.5. The van der Waals surface area contributed by atoms with Gasteiger partial charge in [-0.3, -0.25) is 14.8 Å². The van der Waals surface area contributed by atoms with Gasteiger partial charge in [0, 0.05) is 44.5 Å². The highest BCUT2D eigenvalue weighted by atomic mass is 35.5. The number of H-pyrrole nitrogens is 1. The number of aryl methyl sites for hydroxylation is 1. The van der Waals surface area contributed by atoms with E-state index in [-0.39, 0.29) is 16.5 Å². The van der Waals surface area contributed by atoms with Gasteiger partial charge in [-0.25, -0.2) is 9.37 Å². The average Bonchev–Trinajstić information content (AvgIpc) is 3.15. The van der Waals surface area contributed by atoms with E-state index in [2.05, 4.69) is 25.4 Å². The van der Waals surface area contributed by atoms with Crippen LogP contribution in [0.3, 0.4) is 0 Å². The van der Waals surface area contributed by atoms with E-state index < -0.39 is 5.82 Å². The fourth-order valence-corrected chi connectivity index (χ4v) is 3.60. The highest BCUT2D eigenvalue weighted by Crippen LogP contribution is 2.20. The molecule has 3 aromatic rings. The summed E-state index contributed by atoms with van der Waals surface area (Å²) in [4.78, 5) is 21.2. The molecule has 9 heteroatoms. The Balaban J connectivity index is 1.34. The molecule has 2 aromatic heterocycles. The number of pyridine rings is 1. The number of hydrogen-bond acceptors (Lipinski definition) is 5. The van der Waals surface area contributed by atoms with Crippen LogP contribution >= 0.6 is 11.6 Å². The molecule has 4 rings (SSSR count). The number of amides is 1. The number of piperazine rings is 1. The topological polar surface area (TPSA) is 77.2 Å². The largest absolute Gasteiger partial charge is 0.336 e. The molecule has 0 spiro atoms. The quantitative estimate of drug-likeness (QED) is 0.649. The summed E-state index contributed by atoms with van der Waals surface area (Å²) >= 11 is 5.80. The second-order valence-corrected chi connectivity index (χ2v) is 7.65. The van der Waals surface area contributed by atoms with Crippen molar-refractivity contribution in [3.05, 3.63) is 70.3 Å². The molecule has 1 fully saturated rings. The Labute approximate surface area is 178 Å². The molecule has 1 amide bonds. The Morgan fingerprint density at radius 2 is 1.93 bits per heavy atom. The Morgan fingerprint density at radius 3 is 2.67 bits per heavy atom. The molecule has 0 bridgehead atoms. The predicted molar refractivity (Wildman–Crippen MR) is 113 cm³/mol. The molecule has 30 heavy (non-hydrogen) atoms. The SMILES string of the molecule is Cc1cc(Nc2cccc(CN3CCN(C(=O)c4cccc(Cl)c4F)CC3)n2)n[nH]1. The van der Waals surface area contributed by atoms with Crippen LogP contribution in [0.2, 0.25) is 5.02 Å². The van der Waals surface area contributed by atoms with Crippen molar-refractivity contribution in [3.8, 4) is 0 Å². The number of halogens is 2. The number of rotatable bonds is 5. The number of carbonyl (C=O) groups is 1. The lowest BCUT2D eigenvalue weighted by atomic mass is 10.1. The number of carbonyl (C=O) groups excluding carboxylic acids is 1. The summed E-state index contributed by atoms with van der Waals surface area (Å²) in [5.41, 5.74) is 1.91. The summed E-state index contributed by atoms with van der Waals surface area (Å²) in [7, 11) is 0. The number of nitrogens with one attached hydrogen (secondary N) is 2.